The third-order valence-corrected chi connectivity index (χ3v) is 3.81. The predicted octanol–water partition coefficient (Wildman–Crippen LogP) is 3.59. The maximum atomic E-state index is 12.3. The molecule has 1 saturated carbocycles. The molecular formula is C14H26O2. The van der Waals surface area contributed by atoms with Crippen LogP contribution in [0.2, 0.25) is 0 Å². The summed E-state index contributed by atoms with van der Waals surface area (Å²) in [5.41, 5.74) is -0.101. The summed E-state index contributed by atoms with van der Waals surface area (Å²) < 4.78 is 5.84. The number of ketones is 1. The van der Waals surface area contributed by atoms with Gasteiger partial charge in [0.25, 0.3) is 0 Å². The van der Waals surface area contributed by atoms with E-state index in [1.165, 1.54) is 0 Å². The summed E-state index contributed by atoms with van der Waals surface area (Å²) in [6.07, 6.45) is 3.96. The van der Waals surface area contributed by atoms with Crippen LogP contribution >= 0.6 is 0 Å². The van der Waals surface area contributed by atoms with Gasteiger partial charge in [-0.25, -0.2) is 0 Å². The van der Waals surface area contributed by atoms with E-state index in [2.05, 4.69) is 13.8 Å². The Kier molecular flexibility index (Phi) is 4.17. The van der Waals surface area contributed by atoms with Crippen molar-refractivity contribution in [3.63, 3.8) is 0 Å². The van der Waals surface area contributed by atoms with Crippen LogP contribution in [0.15, 0.2) is 0 Å². The van der Waals surface area contributed by atoms with Crippen molar-refractivity contribution in [2.24, 2.45) is 11.3 Å². The van der Waals surface area contributed by atoms with E-state index < -0.39 is 5.60 Å². The summed E-state index contributed by atoms with van der Waals surface area (Å²) in [5.74, 6) is 0.373. The molecule has 0 aromatic heterocycles. The molecule has 1 rings (SSSR count). The molecule has 0 aliphatic heterocycles. The second-order valence-electron chi connectivity index (χ2n) is 6.11. The Bertz CT molecular complexity index is 243. The number of rotatable bonds is 4. The van der Waals surface area contributed by atoms with E-state index in [0.29, 0.717) is 17.8 Å². The lowest BCUT2D eigenvalue weighted by molar-refractivity contribution is -0.155. The van der Waals surface area contributed by atoms with Crippen LogP contribution in [0.5, 0.6) is 0 Å². The van der Waals surface area contributed by atoms with Crippen LogP contribution < -0.4 is 0 Å². The minimum absolute atomic E-state index is 0.0766. The van der Waals surface area contributed by atoms with Gasteiger partial charge in [0, 0.05) is 12.5 Å². The SMILES string of the molecule is CCOC1(C(=O)C(C)C)CCC(C)(C)CC1. The van der Waals surface area contributed by atoms with E-state index in [1.54, 1.807) is 0 Å². The summed E-state index contributed by atoms with van der Waals surface area (Å²) >= 11 is 0. The van der Waals surface area contributed by atoms with E-state index in [1.807, 2.05) is 20.8 Å². The molecule has 1 aliphatic carbocycles. The first kappa shape index (κ1) is 13.7. The molecule has 0 spiro atoms. The zero-order valence-electron chi connectivity index (χ0n) is 11.4. The first-order valence-corrected chi connectivity index (χ1v) is 6.51. The number of hydrogen-bond acceptors (Lipinski definition) is 2. The first-order chi connectivity index (χ1) is 7.33. The Labute approximate surface area is 99.8 Å². The van der Waals surface area contributed by atoms with Crippen molar-refractivity contribution in [2.75, 3.05) is 6.61 Å². The first-order valence-electron chi connectivity index (χ1n) is 6.51. The van der Waals surface area contributed by atoms with Gasteiger partial charge in [0.05, 0.1) is 0 Å². The second kappa shape index (κ2) is 4.87. The van der Waals surface area contributed by atoms with Crippen LogP contribution in [0.1, 0.15) is 60.3 Å². The highest BCUT2D eigenvalue weighted by atomic mass is 16.5. The molecule has 0 amide bonds. The van der Waals surface area contributed by atoms with E-state index in [4.69, 9.17) is 4.74 Å². The van der Waals surface area contributed by atoms with Gasteiger partial charge in [0.1, 0.15) is 5.60 Å². The highest BCUT2D eigenvalue weighted by Gasteiger charge is 2.44. The molecule has 0 aromatic rings. The molecule has 0 radical (unpaired) electrons. The fourth-order valence-corrected chi connectivity index (χ4v) is 2.59. The summed E-state index contributed by atoms with van der Waals surface area (Å²) in [5, 5.41) is 0. The molecule has 0 aromatic carbocycles. The van der Waals surface area contributed by atoms with Gasteiger partial charge in [-0.15, -0.1) is 0 Å². The van der Waals surface area contributed by atoms with E-state index in [0.717, 1.165) is 25.7 Å². The van der Waals surface area contributed by atoms with E-state index >= 15 is 0 Å². The number of hydrogen-bond donors (Lipinski definition) is 0. The molecule has 2 nitrogen and oxygen atoms in total. The quantitative estimate of drug-likeness (QED) is 0.732. The molecule has 0 saturated heterocycles. The van der Waals surface area contributed by atoms with Gasteiger partial charge in [-0.1, -0.05) is 27.7 Å². The zero-order chi connectivity index (χ0) is 12.4. The summed E-state index contributed by atoms with van der Waals surface area (Å²) in [6, 6.07) is 0. The van der Waals surface area contributed by atoms with Gasteiger partial charge < -0.3 is 4.74 Å². The Morgan fingerprint density at radius 3 is 2.06 bits per heavy atom. The molecular weight excluding hydrogens is 200 g/mol. The molecule has 16 heavy (non-hydrogen) atoms. The smallest absolute Gasteiger partial charge is 0.167 e. The van der Waals surface area contributed by atoms with E-state index in [9.17, 15) is 4.79 Å². The van der Waals surface area contributed by atoms with Crippen molar-refractivity contribution in [3.8, 4) is 0 Å². The van der Waals surface area contributed by atoms with Gasteiger partial charge in [-0.3, -0.25) is 4.79 Å². The molecule has 0 heterocycles. The number of ether oxygens (including phenoxy) is 1. The third kappa shape index (κ3) is 2.85. The average Bonchev–Trinajstić information content (AvgIpc) is 2.21. The van der Waals surface area contributed by atoms with Gasteiger partial charge in [0.15, 0.2) is 5.78 Å². The minimum atomic E-state index is -0.474. The lowest BCUT2D eigenvalue weighted by atomic mass is 9.68. The van der Waals surface area contributed by atoms with Crippen molar-refractivity contribution < 1.29 is 9.53 Å². The Hall–Kier alpha value is -0.370. The van der Waals surface area contributed by atoms with Gasteiger partial charge in [0.2, 0.25) is 0 Å². The maximum Gasteiger partial charge on any atom is 0.167 e. The fourth-order valence-electron chi connectivity index (χ4n) is 2.59. The van der Waals surface area contributed by atoms with Crippen molar-refractivity contribution >= 4 is 5.78 Å². The van der Waals surface area contributed by atoms with Crippen molar-refractivity contribution in [1.82, 2.24) is 0 Å². The lowest BCUT2D eigenvalue weighted by Gasteiger charge is -2.43. The molecule has 2 heteroatoms. The summed E-state index contributed by atoms with van der Waals surface area (Å²) in [6.45, 7) is 11.1. The van der Waals surface area contributed by atoms with Gasteiger partial charge in [-0.05, 0) is 38.0 Å². The Morgan fingerprint density at radius 1 is 1.19 bits per heavy atom. The second-order valence-corrected chi connectivity index (χ2v) is 6.11. The van der Waals surface area contributed by atoms with Crippen LogP contribution in [0.4, 0.5) is 0 Å². The molecule has 0 atom stereocenters. The molecule has 1 aliphatic rings. The zero-order valence-corrected chi connectivity index (χ0v) is 11.4. The molecule has 0 N–H and O–H groups in total. The monoisotopic (exact) mass is 226 g/mol. The number of Topliss-reactive ketones (excluding diaryl/α,β-unsaturated/α-hetero) is 1. The van der Waals surface area contributed by atoms with Crippen LogP contribution in [-0.2, 0) is 9.53 Å². The fraction of sp³-hybridized carbons (Fsp3) is 0.929. The Morgan fingerprint density at radius 2 is 1.69 bits per heavy atom. The number of carbonyl (C=O) groups is 1. The normalized spacial score (nSPS) is 23.4. The van der Waals surface area contributed by atoms with Crippen LogP contribution in [-0.4, -0.2) is 18.0 Å². The van der Waals surface area contributed by atoms with Crippen LogP contribution in [0, 0.1) is 11.3 Å². The van der Waals surface area contributed by atoms with Gasteiger partial charge in [-0.2, -0.15) is 0 Å². The third-order valence-electron chi connectivity index (χ3n) is 3.81. The van der Waals surface area contributed by atoms with Crippen molar-refractivity contribution in [2.45, 2.75) is 65.9 Å². The molecule has 0 bridgehead atoms. The minimum Gasteiger partial charge on any atom is -0.367 e. The Balaban J connectivity index is 2.80. The maximum absolute atomic E-state index is 12.3. The highest BCUT2D eigenvalue weighted by Crippen LogP contribution is 2.43. The molecule has 1 fully saturated rings. The highest BCUT2D eigenvalue weighted by molar-refractivity contribution is 5.89. The molecule has 0 unspecified atom stereocenters. The predicted molar refractivity (Wildman–Crippen MR) is 66.5 cm³/mol. The lowest BCUT2D eigenvalue weighted by Crippen LogP contribution is -2.48. The average molecular weight is 226 g/mol. The summed E-state index contributed by atoms with van der Waals surface area (Å²) in [4.78, 5) is 12.3. The van der Waals surface area contributed by atoms with Crippen LogP contribution in [0.3, 0.4) is 0 Å². The van der Waals surface area contributed by atoms with E-state index in [-0.39, 0.29) is 5.92 Å². The molecule has 94 valence electrons. The van der Waals surface area contributed by atoms with Crippen molar-refractivity contribution in [1.29, 1.82) is 0 Å². The topological polar surface area (TPSA) is 26.3 Å². The summed E-state index contributed by atoms with van der Waals surface area (Å²) in [7, 11) is 0. The van der Waals surface area contributed by atoms with Gasteiger partial charge >= 0.3 is 0 Å². The number of carbonyl (C=O) groups excluding carboxylic acids is 1. The van der Waals surface area contributed by atoms with Crippen LogP contribution in [0.25, 0.3) is 0 Å². The standard InChI is InChI=1S/C14H26O2/c1-6-16-14(12(15)11(2)3)9-7-13(4,5)8-10-14/h11H,6-10H2,1-5H3. The van der Waals surface area contributed by atoms with Crippen molar-refractivity contribution in [3.05, 3.63) is 0 Å². The largest absolute Gasteiger partial charge is 0.367 e.